The normalized spacial score (nSPS) is 13.5. The number of carboxylic acid groups (broad SMARTS) is 1. The Kier molecular flexibility index (Phi) is 73.1. The van der Waals surface area contributed by atoms with Crippen molar-refractivity contribution in [3.63, 3.8) is 0 Å². The third kappa shape index (κ3) is 78.4. The predicted molar refractivity (Wildman–Crippen MR) is 419 cm³/mol. The van der Waals surface area contributed by atoms with Crippen molar-refractivity contribution in [3.05, 3.63) is 146 Å². The Bertz CT molecular complexity index is 2110. The van der Waals surface area contributed by atoms with E-state index in [0.717, 1.165) is 135 Å². The van der Waals surface area contributed by atoms with Crippen LogP contribution in [-0.4, -0.2) is 87.4 Å². The highest BCUT2D eigenvalue weighted by Crippen LogP contribution is 2.18. The van der Waals surface area contributed by atoms with E-state index in [4.69, 9.17) is 18.9 Å². The second kappa shape index (κ2) is 76.9. The van der Waals surface area contributed by atoms with Crippen LogP contribution in [0.2, 0.25) is 0 Å². The molecule has 0 rings (SSSR count). The smallest absolute Gasteiger partial charge is 0.361 e. The summed E-state index contributed by atoms with van der Waals surface area (Å²) in [5, 5.41) is 9.77. The summed E-state index contributed by atoms with van der Waals surface area (Å²) in [6.45, 7) is 4.65. The number of esters is 2. The van der Waals surface area contributed by atoms with Crippen molar-refractivity contribution in [1.82, 2.24) is 0 Å². The van der Waals surface area contributed by atoms with Crippen LogP contribution in [0.4, 0.5) is 0 Å². The number of unbranched alkanes of at least 4 members (excludes halogenated alkanes) is 34. The highest BCUT2D eigenvalue weighted by atomic mass is 16.7. The fourth-order valence-electron chi connectivity index (χ4n) is 11.1. The van der Waals surface area contributed by atoms with Gasteiger partial charge >= 0.3 is 17.9 Å². The zero-order valence-electron chi connectivity index (χ0n) is 63.4. The van der Waals surface area contributed by atoms with Crippen molar-refractivity contribution in [1.29, 1.82) is 0 Å². The van der Waals surface area contributed by atoms with Crippen LogP contribution in [0, 0.1) is 0 Å². The van der Waals surface area contributed by atoms with Crippen LogP contribution >= 0.6 is 0 Å². The summed E-state index contributed by atoms with van der Waals surface area (Å²) in [5.74, 6) is -2.02. The Labute approximate surface area is 598 Å². The van der Waals surface area contributed by atoms with Crippen molar-refractivity contribution >= 4 is 17.9 Å². The average Bonchev–Trinajstić information content (AvgIpc) is 2.39. The SMILES string of the molecule is CC/C=C\C/C=C\C/C=C\C/C=C\C/C=C\C/C=C\C/C=C\C/C=C\CCCCCCCCC(=O)OC(COC(=O)CCCCCCCCCCCCCCCCCCCCCCCCCCCCCC/C=C\C/C=C\C/C=C\C/C=C\CC)COC(OCC[N+](C)(C)C)C(=O)O. The molecule has 2 unspecified atom stereocenters. The molecule has 97 heavy (non-hydrogen) atoms. The molecule has 0 saturated carbocycles. The molecule has 9 nitrogen and oxygen atoms in total. The van der Waals surface area contributed by atoms with Gasteiger partial charge in [0.1, 0.15) is 13.2 Å². The summed E-state index contributed by atoms with van der Waals surface area (Å²) in [6, 6.07) is 0. The molecule has 0 fully saturated rings. The summed E-state index contributed by atoms with van der Waals surface area (Å²) in [4.78, 5) is 37.7. The van der Waals surface area contributed by atoms with E-state index < -0.39 is 24.3 Å². The van der Waals surface area contributed by atoms with Crippen LogP contribution in [0.3, 0.4) is 0 Å². The highest BCUT2D eigenvalue weighted by Gasteiger charge is 2.25. The quantitative estimate of drug-likeness (QED) is 0.0211. The molecule has 2 atom stereocenters. The Hall–Kier alpha value is -4.83. The maximum Gasteiger partial charge on any atom is 0.361 e. The molecule has 1 N–H and O–H groups in total. The van der Waals surface area contributed by atoms with E-state index in [1.807, 2.05) is 21.1 Å². The molecule has 0 aliphatic rings. The molecular formula is C88H150NO8+. The van der Waals surface area contributed by atoms with Crippen LogP contribution in [0.5, 0.6) is 0 Å². The number of carbonyl (C=O) groups is 3. The fraction of sp³-hybridized carbons (Fsp3) is 0.693. The highest BCUT2D eigenvalue weighted by molar-refractivity contribution is 5.71. The number of hydrogen-bond acceptors (Lipinski definition) is 7. The largest absolute Gasteiger partial charge is 0.477 e. The molecule has 0 aliphatic heterocycles. The van der Waals surface area contributed by atoms with Gasteiger partial charge in [-0.05, 0) is 116 Å². The third-order valence-corrected chi connectivity index (χ3v) is 17.1. The molecule has 0 aliphatic carbocycles. The minimum absolute atomic E-state index is 0.179. The van der Waals surface area contributed by atoms with Crippen LogP contribution < -0.4 is 0 Å². The van der Waals surface area contributed by atoms with Crippen LogP contribution in [-0.2, 0) is 33.3 Å². The monoisotopic (exact) mass is 1350 g/mol. The molecule has 0 heterocycles. The van der Waals surface area contributed by atoms with E-state index in [1.165, 1.54) is 167 Å². The number of aliphatic carboxylic acids is 1. The third-order valence-electron chi connectivity index (χ3n) is 17.1. The van der Waals surface area contributed by atoms with Gasteiger partial charge in [0.25, 0.3) is 6.29 Å². The summed E-state index contributed by atoms with van der Waals surface area (Å²) in [7, 11) is 5.97. The fourth-order valence-corrected chi connectivity index (χ4v) is 11.1. The van der Waals surface area contributed by atoms with Gasteiger partial charge in [0, 0.05) is 12.8 Å². The maximum atomic E-state index is 13.0. The number of ether oxygens (including phenoxy) is 4. The summed E-state index contributed by atoms with van der Waals surface area (Å²) < 4.78 is 23.0. The van der Waals surface area contributed by atoms with Crippen molar-refractivity contribution in [2.24, 2.45) is 0 Å². The lowest BCUT2D eigenvalue weighted by molar-refractivity contribution is -0.870. The van der Waals surface area contributed by atoms with Gasteiger partial charge in [0.15, 0.2) is 6.10 Å². The van der Waals surface area contributed by atoms with Crippen molar-refractivity contribution in [2.75, 3.05) is 47.5 Å². The minimum atomic E-state index is -1.52. The average molecular weight is 1350 g/mol. The van der Waals surface area contributed by atoms with Gasteiger partial charge in [-0.3, -0.25) is 9.59 Å². The van der Waals surface area contributed by atoms with E-state index in [2.05, 4.69) is 160 Å². The van der Waals surface area contributed by atoms with Crippen LogP contribution in [0.1, 0.15) is 335 Å². The van der Waals surface area contributed by atoms with E-state index >= 15 is 0 Å². The van der Waals surface area contributed by atoms with E-state index in [-0.39, 0.29) is 32.2 Å². The molecule has 9 heteroatoms. The lowest BCUT2D eigenvalue weighted by Gasteiger charge is -2.25. The van der Waals surface area contributed by atoms with Gasteiger partial charge in [-0.15, -0.1) is 0 Å². The summed E-state index contributed by atoms with van der Waals surface area (Å²) >= 11 is 0. The number of hydrogen-bond donors (Lipinski definition) is 1. The number of nitrogens with zero attached hydrogens (tertiary/aromatic N) is 1. The number of rotatable bonds is 73. The van der Waals surface area contributed by atoms with Crippen molar-refractivity contribution in [3.8, 4) is 0 Å². The zero-order valence-corrected chi connectivity index (χ0v) is 63.4. The summed E-state index contributed by atoms with van der Waals surface area (Å²) in [5.41, 5.74) is 0. The molecule has 0 aromatic heterocycles. The number of likely N-dealkylation sites (N-methyl/N-ethyl adjacent to an activating group) is 1. The molecule has 554 valence electrons. The van der Waals surface area contributed by atoms with Gasteiger partial charge < -0.3 is 28.5 Å². The lowest BCUT2D eigenvalue weighted by Crippen LogP contribution is -2.40. The Morgan fingerprint density at radius 2 is 0.557 bits per heavy atom. The van der Waals surface area contributed by atoms with Gasteiger partial charge in [-0.2, -0.15) is 0 Å². The zero-order chi connectivity index (χ0) is 70.4. The number of allylic oxidation sites excluding steroid dienone is 24. The molecule has 0 saturated heterocycles. The van der Waals surface area contributed by atoms with Gasteiger partial charge in [-0.25, -0.2) is 4.79 Å². The Morgan fingerprint density at radius 3 is 0.825 bits per heavy atom. The van der Waals surface area contributed by atoms with Gasteiger partial charge in [0.05, 0.1) is 34.4 Å². The van der Waals surface area contributed by atoms with Gasteiger partial charge in [-0.1, -0.05) is 352 Å². The molecule has 0 bridgehead atoms. The topological polar surface area (TPSA) is 108 Å². The molecular weight excluding hydrogens is 1200 g/mol. The number of carboxylic acids is 1. The first-order chi connectivity index (χ1) is 47.6. The van der Waals surface area contributed by atoms with E-state index in [0.29, 0.717) is 23.9 Å². The maximum absolute atomic E-state index is 13.0. The first-order valence-electron chi connectivity index (χ1n) is 40.0. The number of carbonyl (C=O) groups excluding carboxylic acids is 2. The first kappa shape index (κ1) is 92.2. The van der Waals surface area contributed by atoms with Crippen molar-refractivity contribution in [2.45, 2.75) is 347 Å². The standard InChI is InChI=1S/C88H149NO8/c1-6-8-10-12-14-16-18-20-22-24-26-28-30-32-34-36-38-39-40-41-42-43-44-45-46-47-49-50-52-54-56-58-60-62-64-66-68-70-72-74-76-78-85(90)95-82-84(83-96-88(87(92)93)94-81-80-89(3,4)5)97-86(91)79-77-75-73-71-69-67-65-63-61-59-57-55-53-51-48-37-35-33-31-29-27-25-23-21-19-17-15-13-11-9-7-2/h8-11,14-17,20-23,26-29,33,35,48,51,55,57,61,63,84,88H,6-7,12-13,18-19,24-25,30-32,34,36-47,49-50,52-54,56,58-60,62,64-83H2,1-5H3/p+1/b10-8-,11-9-,16-14-,17-15-,22-20-,23-21-,28-26-,29-27-,35-33-,51-48-,57-55-,63-61-. The number of quaternary nitrogens is 1. The first-order valence-corrected chi connectivity index (χ1v) is 40.0. The predicted octanol–water partition coefficient (Wildman–Crippen LogP) is 25.8. The Morgan fingerprint density at radius 1 is 0.309 bits per heavy atom. The lowest BCUT2D eigenvalue weighted by atomic mass is 10.0. The minimum Gasteiger partial charge on any atom is -0.477 e. The summed E-state index contributed by atoms with van der Waals surface area (Å²) in [6.07, 6.45) is 110. The molecule has 0 radical (unpaired) electrons. The molecule has 0 amide bonds. The second-order valence-corrected chi connectivity index (χ2v) is 27.6. The van der Waals surface area contributed by atoms with Crippen molar-refractivity contribution < 1.29 is 42.9 Å². The Balaban J connectivity index is 4.03. The molecule has 0 aromatic rings. The van der Waals surface area contributed by atoms with E-state index in [1.54, 1.807) is 0 Å². The second-order valence-electron chi connectivity index (χ2n) is 27.6. The van der Waals surface area contributed by atoms with Gasteiger partial charge in [0.2, 0.25) is 0 Å². The van der Waals surface area contributed by atoms with Crippen LogP contribution in [0.25, 0.3) is 0 Å². The molecule has 0 spiro atoms. The molecule has 0 aromatic carbocycles. The van der Waals surface area contributed by atoms with Crippen LogP contribution in [0.15, 0.2) is 146 Å². The van der Waals surface area contributed by atoms with E-state index in [9.17, 15) is 19.5 Å².